The van der Waals surface area contributed by atoms with E-state index in [4.69, 9.17) is 40.1 Å². The summed E-state index contributed by atoms with van der Waals surface area (Å²) < 4.78 is 0. The molecule has 2 aromatic carbocycles. The summed E-state index contributed by atoms with van der Waals surface area (Å²) in [6.45, 7) is 3.86. The summed E-state index contributed by atoms with van der Waals surface area (Å²) in [5, 5.41) is 21.1. The highest BCUT2D eigenvalue weighted by atomic mass is 32.2. The SMILES string of the molecule is CSCC[C@H](NC(=O)[C@H](CC(C)C)NC(=O)CNC(=O)[C@H](Cc1ccccc1)NC(=O)[C@H](Cc1ccccc1)NC(=O)[C@@H](CCC(N)=O)NC(=O)[C@H](CCC(N)=O)NC(=O)[C@@H]1CCCN1C(=O)[C@@H](CCCCN)NC(=O)[C@@H]1CCCN1C(=O)[C@H](N)CCCN=C(N)N)C(N)=O. The summed E-state index contributed by atoms with van der Waals surface area (Å²) in [7, 11) is 0. The lowest BCUT2D eigenvalue weighted by Crippen LogP contribution is -2.60. The maximum atomic E-state index is 14.7. The van der Waals surface area contributed by atoms with Crippen LogP contribution in [0.4, 0.5) is 0 Å². The van der Waals surface area contributed by atoms with Crippen LogP contribution in [0.5, 0.6) is 0 Å². The number of benzene rings is 2. The number of amides is 13. The molecule has 0 aliphatic carbocycles. The van der Waals surface area contributed by atoms with Gasteiger partial charge in [0.1, 0.15) is 54.4 Å². The Hall–Kier alpha value is -8.91. The molecule has 13 amide bonds. The fourth-order valence-corrected chi connectivity index (χ4v) is 11.5. The van der Waals surface area contributed by atoms with Crippen LogP contribution in [0.1, 0.15) is 121 Å². The molecule has 2 saturated heterocycles. The van der Waals surface area contributed by atoms with E-state index < -0.39 is 169 Å². The highest BCUT2D eigenvalue weighted by Gasteiger charge is 2.42. The zero-order chi connectivity index (χ0) is 70.1. The summed E-state index contributed by atoms with van der Waals surface area (Å²) >= 11 is 1.45. The molecule has 32 heteroatoms. The van der Waals surface area contributed by atoms with Crippen molar-refractivity contribution in [1.82, 2.24) is 52.3 Å². The predicted octanol–water partition coefficient (Wildman–Crippen LogP) is -3.71. The Labute approximate surface area is 558 Å². The molecule has 2 aliphatic heterocycles. The van der Waals surface area contributed by atoms with Crippen molar-refractivity contribution >= 4 is 94.5 Å². The van der Waals surface area contributed by atoms with Crippen LogP contribution < -0.4 is 82.7 Å². The molecule has 0 aromatic heterocycles. The van der Waals surface area contributed by atoms with Crippen molar-refractivity contribution in [2.24, 2.45) is 51.0 Å². The number of likely N-dealkylation sites (tertiary alicyclic amines) is 2. The molecule has 0 bridgehead atoms. The van der Waals surface area contributed by atoms with E-state index >= 15 is 0 Å². The number of thioether (sulfide) groups is 1. The van der Waals surface area contributed by atoms with Gasteiger partial charge < -0.3 is 92.5 Å². The van der Waals surface area contributed by atoms with Gasteiger partial charge in [-0.3, -0.25) is 67.3 Å². The van der Waals surface area contributed by atoms with Gasteiger partial charge in [-0.2, -0.15) is 11.8 Å². The number of primary amides is 3. The Morgan fingerprint density at radius 2 is 1.01 bits per heavy atom. The van der Waals surface area contributed by atoms with Gasteiger partial charge in [-0.1, -0.05) is 74.5 Å². The number of nitrogens with one attached hydrogen (secondary N) is 8. The first-order valence-corrected chi connectivity index (χ1v) is 33.6. The first-order chi connectivity index (χ1) is 45.2. The molecule has 0 radical (unpaired) electrons. The van der Waals surface area contributed by atoms with E-state index in [1.165, 1.54) is 21.6 Å². The summed E-state index contributed by atoms with van der Waals surface area (Å²) in [5.41, 5.74) is 40.6. The minimum absolute atomic E-state index is 0.0736. The molecule has 22 N–H and O–H groups in total. The lowest BCUT2D eigenvalue weighted by atomic mass is 10.0. The lowest BCUT2D eigenvalue weighted by molar-refractivity contribution is -0.144. The summed E-state index contributed by atoms with van der Waals surface area (Å²) in [6, 6.07) is 4.51. The van der Waals surface area contributed by atoms with Gasteiger partial charge in [-0.15, -0.1) is 0 Å². The van der Waals surface area contributed by atoms with Crippen molar-refractivity contribution in [3.05, 3.63) is 71.8 Å². The zero-order valence-corrected chi connectivity index (χ0v) is 55.3. The molecule has 2 fully saturated rings. The van der Waals surface area contributed by atoms with Crippen LogP contribution in [0.2, 0.25) is 0 Å². The molecule has 4 rings (SSSR count). The van der Waals surface area contributed by atoms with Crippen LogP contribution in [0.25, 0.3) is 0 Å². The number of aliphatic imine (C=N–C) groups is 1. The van der Waals surface area contributed by atoms with Gasteiger partial charge in [0, 0.05) is 45.3 Å². The molecule has 2 aromatic rings. The maximum absolute atomic E-state index is 14.7. The van der Waals surface area contributed by atoms with Crippen LogP contribution >= 0.6 is 11.8 Å². The average molecular weight is 1350 g/mol. The quantitative estimate of drug-likeness (QED) is 0.0173. The summed E-state index contributed by atoms with van der Waals surface area (Å²) in [5.74, 6) is -9.80. The highest BCUT2D eigenvalue weighted by molar-refractivity contribution is 7.98. The highest BCUT2D eigenvalue weighted by Crippen LogP contribution is 2.24. The van der Waals surface area contributed by atoms with E-state index in [-0.39, 0.29) is 83.0 Å². The molecule has 2 heterocycles. The number of unbranched alkanes of at least 4 members (excludes halogenated alkanes) is 1. The number of hydrogen-bond donors (Lipinski definition) is 15. The Morgan fingerprint density at radius 3 is 1.51 bits per heavy atom. The maximum Gasteiger partial charge on any atom is 0.245 e. The average Bonchev–Trinajstić information content (AvgIpc) is 1.74. The molecule has 31 nitrogen and oxygen atoms in total. The second kappa shape index (κ2) is 41.0. The van der Waals surface area contributed by atoms with E-state index in [9.17, 15) is 62.3 Å². The van der Waals surface area contributed by atoms with E-state index in [0.29, 0.717) is 55.4 Å². The molecule has 524 valence electrons. The topological polar surface area (TPSA) is 519 Å². The van der Waals surface area contributed by atoms with Gasteiger partial charge in [0.25, 0.3) is 0 Å². The van der Waals surface area contributed by atoms with Crippen LogP contribution in [0, 0.1) is 5.92 Å². The van der Waals surface area contributed by atoms with Crippen molar-refractivity contribution in [3.8, 4) is 0 Å². The minimum Gasteiger partial charge on any atom is -0.370 e. The van der Waals surface area contributed by atoms with Crippen LogP contribution in [-0.2, 0) is 75.2 Å². The van der Waals surface area contributed by atoms with Gasteiger partial charge in [-0.25, -0.2) is 0 Å². The molecule has 0 saturated carbocycles. The van der Waals surface area contributed by atoms with Gasteiger partial charge >= 0.3 is 0 Å². The van der Waals surface area contributed by atoms with Gasteiger partial charge in [-0.05, 0) is 119 Å². The molecule has 0 spiro atoms. The molecule has 0 unspecified atom stereocenters. The van der Waals surface area contributed by atoms with Crippen molar-refractivity contribution in [2.75, 3.05) is 44.7 Å². The Bertz CT molecular complexity index is 2960. The number of nitrogens with two attached hydrogens (primary N) is 7. The molecule has 10 atom stereocenters. The standard InChI is InChI=1S/C63H98N18O13S/c1-37(2)33-45(57(89)74-41(53(68)85)27-32-95-3)73-52(84)36-72-54(86)46(34-38-15-6-4-7-16-38)78-58(90)47(35-39-17-8-5-9-18-39)79-56(88)42(23-25-50(66)82)75-55(87)43(24-26-51(67)83)76-59(91)49-22-14-31-81(49)62(94)44(20-10-11-28-64)77-60(92)48-21-13-30-80(48)61(93)40(65)19-12-29-71-63(69)70/h4-9,15-18,37,40-49H,10-14,19-36,64-65H2,1-3H3,(H2,66,82)(H2,67,83)(H2,68,85)(H,72,86)(H,73,84)(H,74,89)(H,75,87)(H,76,91)(H,77,92)(H,78,90)(H,79,88)(H4,69,70,71)/t40-,41+,42-,43+,44-,45+,46+,47+,48+,49+/m1/s1. The third-order valence-electron chi connectivity index (χ3n) is 16.0. The van der Waals surface area contributed by atoms with Crippen molar-refractivity contribution < 1.29 is 62.3 Å². The molecular formula is C63H98N18O13S. The van der Waals surface area contributed by atoms with E-state index in [1.807, 2.05) is 20.1 Å². The second-order valence-electron chi connectivity index (χ2n) is 24.1. The normalized spacial score (nSPS) is 16.8. The molecule has 2 aliphatic rings. The lowest BCUT2D eigenvalue weighted by Gasteiger charge is -2.32. The van der Waals surface area contributed by atoms with Gasteiger partial charge in [0.05, 0.1) is 12.6 Å². The largest absolute Gasteiger partial charge is 0.370 e. The number of carbonyl (C=O) groups is 13. The van der Waals surface area contributed by atoms with Crippen molar-refractivity contribution in [2.45, 2.75) is 183 Å². The first-order valence-electron chi connectivity index (χ1n) is 32.2. The number of hydrogen-bond acceptors (Lipinski definition) is 17. The van der Waals surface area contributed by atoms with E-state index in [1.54, 1.807) is 60.7 Å². The monoisotopic (exact) mass is 1350 g/mol. The zero-order valence-electron chi connectivity index (χ0n) is 54.5. The van der Waals surface area contributed by atoms with Crippen molar-refractivity contribution in [3.63, 3.8) is 0 Å². The first kappa shape index (κ1) is 78.5. The third kappa shape index (κ3) is 27.5. The fraction of sp³-hybridized carbons (Fsp3) is 0.587. The predicted molar refractivity (Wildman–Crippen MR) is 356 cm³/mol. The van der Waals surface area contributed by atoms with Gasteiger partial charge in [0.15, 0.2) is 5.96 Å². The van der Waals surface area contributed by atoms with Gasteiger partial charge in [0.2, 0.25) is 76.8 Å². The second-order valence-corrected chi connectivity index (χ2v) is 25.1. The third-order valence-corrected chi connectivity index (χ3v) is 16.7. The van der Waals surface area contributed by atoms with Crippen LogP contribution in [0.3, 0.4) is 0 Å². The molecule has 95 heavy (non-hydrogen) atoms. The number of nitrogens with zero attached hydrogens (tertiary/aromatic N) is 3. The Morgan fingerprint density at radius 1 is 0.537 bits per heavy atom. The van der Waals surface area contributed by atoms with Crippen LogP contribution in [0.15, 0.2) is 65.7 Å². The van der Waals surface area contributed by atoms with E-state index in [0.717, 1.165) is 0 Å². The summed E-state index contributed by atoms with van der Waals surface area (Å²) in [6.07, 6.45) is 3.12. The molecular weight excluding hydrogens is 1250 g/mol. The Kier molecular flexibility index (Phi) is 33.9. The summed E-state index contributed by atoms with van der Waals surface area (Å²) in [4.78, 5) is 185. The number of guanidine groups is 1. The fourth-order valence-electron chi connectivity index (χ4n) is 11.0. The number of carbonyl (C=O) groups excluding carboxylic acids is 13. The van der Waals surface area contributed by atoms with E-state index in [2.05, 4.69) is 47.5 Å². The van der Waals surface area contributed by atoms with Crippen molar-refractivity contribution in [1.29, 1.82) is 0 Å². The minimum atomic E-state index is -1.64. The number of rotatable bonds is 42. The van der Waals surface area contributed by atoms with Crippen LogP contribution in [-0.4, -0.2) is 198 Å². The smallest absolute Gasteiger partial charge is 0.245 e. The Balaban J connectivity index is 1.56.